The molecule has 9 heteroatoms. The van der Waals surface area contributed by atoms with Crippen LogP contribution in [0.4, 0.5) is 42.1 Å². The standard InChI is InChI=1S/C17H12F7NO/c1-11-7-9-13(10-8-11)25(12-5-3-2-4-6-12)14(26)15(18,19)16(20,21)17(22,23)24/h2-10H,1H3. The van der Waals surface area contributed by atoms with Crippen molar-refractivity contribution in [1.29, 1.82) is 0 Å². The summed E-state index contributed by atoms with van der Waals surface area (Å²) < 4.78 is 91.7. The maximum atomic E-state index is 13.9. The van der Waals surface area contributed by atoms with Gasteiger partial charge >= 0.3 is 23.9 Å². The van der Waals surface area contributed by atoms with E-state index in [4.69, 9.17) is 0 Å². The Balaban J connectivity index is 2.59. The lowest BCUT2D eigenvalue weighted by Gasteiger charge is -2.32. The Morgan fingerprint density at radius 3 is 1.69 bits per heavy atom. The van der Waals surface area contributed by atoms with Crippen molar-refractivity contribution < 1.29 is 35.5 Å². The SMILES string of the molecule is Cc1ccc(N(C(=O)C(F)(F)C(F)(F)C(F)(F)F)c2ccccc2)cc1. The number of para-hydroxylation sites is 1. The zero-order chi connectivity index (χ0) is 19.8. The zero-order valence-corrected chi connectivity index (χ0v) is 13.2. The van der Waals surface area contributed by atoms with Crippen LogP contribution in [0.1, 0.15) is 5.56 Å². The molecular formula is C17H12F7NO. The lowest BCUT2D eigenvalue weighted by atomic mass is 10.1. The van der Waals surface area contributed by atoms with Crippen LogP contribution in [0.25, 0.3) is 0 Å². The quantitative estimate of drug-likeness (QED) is 0.643. The molecule has 0 N–H and O–H groups in total. The molecule has 0 aliphatic carbocycles. The van der Waals surface area contributed by atoms with Crippen LogP contribution in [-0.2, 0) is 4.79 Å². The Bertz CT molecular complexity index is 770. The maximum Gasteiger partial charge on any atom is 0.460 e. The van der Waals surface area contributed by atoms with E-state index < -0.39 is 23.9 Å². The van der Waals surface area contributed by atoms with E-state index in [2.05, 4.69) is 0 Å². The Morgan fingerprint density at radius 2 is 1.23 bits per heavy atom. The molecule has 2 aromatic rings. The van der Waals surface area contributed by atoms with E-state index in [0.29, 0.717) is 5.56 Å². The molecule has 0 aliphatic heterocycles. The largest absolute Gasteiger partial charge is 0.460 e. The van der Waals surface area contributed by atoms with Crippen LogP contribution in [0.15, 0.2) is 54.6 Å². The lowest BCUT2D eigenvalue weighted by molar-refractivity contribution is -0.343. The Labute approximate surface area is 143 Å². The summed E-state index contributed by atoms with van der Waals surface area (Å²) in [6, 6.07) is 11.5. The summed E-state index contributed by atoms with van der Waals surface area (Å²) in [5.74, 6) is -15.2. The van der Waals surface area contributed by atoms with Crippen molar-refractivity contribution in [3.05, 3.63) is 60.2 Å². The summed E-state index contributed by atoms with van der Waals surface area (Å²) in [4.78, 5) is 12.3. The van der Waals surface area contributed by atoms with Gasteiger partial charge in [0.25, 0.3) is 0 Å². The van der Waals surface area contributed by atoms with Gasteiger partial charge in [-0.2, -0.15) is 30.7 Å². The van der Waals surface area contributed by atoms with Gasteiger partial charge in [0, 0.05) is 11.4 Å². The number of nitrogens with zero attached hydrogens (tertiary/aromatic N) is 1. The van der Waals surface area contributed by atoms with Gasteiger partial charge in [-0.1, -0.05) is 35.9 Å². The second-order valence-electron chi connectivity index (χ2n) is 5.46. The molecule has 0 radical (unpaired) electrons. The smallest absolute Gasteiger partial charge is 0.276 e. The number of hydrogen-bond donors (Lipinski definition) is 0. The maximum absolute atomic E-state index is 13.9. The van der Waals surface area contributed by atoms with E-state index in [1.54, 1.807) is 6.92 Å². The lowest BCUT2D eigenvalue weighted by Crippen LogP contribution is -2.59. The highest BCUT2D eigenvalue weighted by atomic mass is 19.4. The van der Waals surface area contributed by atoms with E-state index in [1.165, 1.54) is 42.5 Å². The molecule has 0 atom stereocenters. The molecule has 0 aromatic heterocycles. The van der Waals surface area contributed by atoms with Gasteiger partial charge in [-0.05, 0) is 31.2 Å². The van der Waals surface area contributed by atoms with Crippen LogP contribution >= 0.6 is 0 Å². The fourth-order valence-electron chi connectivity index (χ4n) is 2.11. The number of rotatable bonds is 4. The van der Waals surface area contributed by atoms with Crippen LogP contribution in [0.2, 0.25) is 0 Å². The molecule has 0 aliphatic rings. The highest BCUT2D eigenvalue weighted by Crippen LogP contribution is 2.48. The van der Waals surface area contributed by atoms with Gasteiger partial charge in [0.2, 0.25) is 0 Å². The molecule has 0 heterocycles. The summed E-state index contributed by atoms with van der Waals surface area (Å²) in [5.41, 5.74) is 0.116. The monoisotopic (exact) mass is 379 g/mol. The summed E-state index contributed by atoms with van der Waals surface area (Å²) >= 11 is 0. The minimum absolute atomic E-state index is 0.138. The van der Waals surface area contributed by atoms with Crippen LogP contribution < -0.4 is 4.90 Å². The average molecular weight is 379 g/mol. The molecule has 2 rings (SSSR count). The highest BCUT2D eigenvalue weighted by molar-refractivity contribution is 6.05. The number of aryl methyl sites for hydroxylation is 1. The first kappa shape index (κ1) is 19.7. The number of carbonyl (C=O) groups excluding carboxylic acids is 1. The van der Waals surface area contributed by atoms with Crippen molar-refractivity contribution in [2.24, 2.45) is 0 Å². The molecule has 1 amide bonds. The second-order valence-corrected chi connectivity index (χ2v) is 5.46. The summed E-state index contributed by atoms with van der Waals surface area (Å²) in [6.07, 6.45) is -6.60. The zero-order valence-electron chi connectivity index (χ0n) is 13.2. The van der Waals surface area contributed by atoms with E-state index in [1.807, 2.05) is 0 Å². The first-order chi connectivity index (χ1) is 11.9. The molecule has 0 fully saturated rings. The number of anilines is 2. The van der Waals surface area contributed by atoms with E-state index in [9.17, 15) is 35.5 Å². The predicted octanol–water partition coefficient (Wildman–Crippen LogP) is 5.49. The summed E-state index contributed by atoms with van der Waals surface area (Å²) in [6.45, 7) is 1.64. The molecule has 2 nitrogen and oxygen atoms in total. The van der Waals surface area contributed by atoms with Crippen molar-refractivity contribution in [3.8, 4) is 0 Å². The van der Waals surface area contributed by atoms with E-state index >= 15 is 0 Å². The first-order valence-corrected chi connectivity index (χ1v) is 7.18. The molecule has 26 heavy (non-hydrogen) atoms. The normalized spacial score (nSPS) is 12.8. The molecule has 2 aromatic carbocycles. The van der Waals surface area contributed by atoms with Crippen LogP contribution in [0, 0.1) is 6.92 Å². The van der Waals surface area contributed by atoms with Gasteiger partial charge < -0.3 is 0 Å². The molecule has 0 saturated carbocycles. The number of alkyl halides is 7. The molecule has 0 bridgehead atoms. The van der Waals surface area contributed by atoms with Gasteiger partial charge in [0.15, 0.2) is 0 Å². The number of hydrogen-bond acceptors (Lipinski definition) is 1. The van der Waals surface area contributed by atoms with Crippen molar-refractivity contribution in [3.63, 3.8) is 0 Å². The van der Waals surface area contributed by atoms with Gasteiger partial charge in [-0.25, -0.2) is 0 Å². The average Bonchev–Trinajstić information content (AvgIpc) is 2.56. The van der Waals surface area contributed by atoms with E-state index in [0.717, 1.165) is 12.1 Å². The van der Waals surface area contributed by atoms with Crippen molar-refractivity contribution in [1.82, 2.24) is 0 Å². The summed E-state index contributed by atoms with van der Waals surface area (Å²) in [7, 11) is 0. The van der Waals surface area contributed by atoms with Crippen LogP contribution in [-0.4, -0.2) is 23.9 Å². The first-order valence-electron chi connectivity index (χ1n) is 7.18. The third kappa shape index (κ3) is 3.38. The fourth-order valence-corrected chi connectivity index (χ4v) is 2.11. The number of halogens is 7. The topological polar surface area (TPSA) is 20.3 Å². The van der Waals surface area contributed by atoms with Crippen LogP contribution in [0.5, 0.6) is 0 Å². The Morgan fingerprint density at radius 1 is 0.769 bits per heavy atom. The number of benzene rings is 2. The van der Waals surface area contributed by atoms with Gasteiger partial charge in [-0.3, -0.25) is 9.69 Å². The minimum Gasteiger partial charge on any atom is -0.276 e. The fraction of sp³-hybridized carbons (Fsp3) is 0.235. The van der Waals surface area contributed by atoms with Crippen LogP contribution in [0.3, 0.4) is 0 Å². The van der Waals surface area contributed by atoms with E-state index in [-0.39, 0.29) is 16.3 Å². The van der Waals surface area contributed by atoms with Gasteiger partial charge in [0.05, 0.1) is 0 Å². The molecule has 0 unspecified atom stereocenters. The van der Waals surface area contributed by atoms with Gasteiger partial charge in [-0.15, -0.1) is 0 Å². The second kappa shape index (κ2) is 6.62. The van der Waals surface area contributed by atoms with Crippen molar-refractivity contribution in [2.45, 2.75) is 24.9 Å². The third-order valence-electron chi connectivity index (χ3n) is 3.53. The molecular weight excluding hydrogens is 367 g/mol. The Hall–Kier alpha value is -2.58. The number of carbonyl (C=O) groups is 1. The predicted molar refractivity (Wildman–Crippen MR) is 80.7 cm³/mol. The third-order valence-corrected chi connectivity index (χ3v) is 3.53. The van der Waals surface area contributed by atoms with Gasteiger partial charge in [0.1, 0.15) is 0 Å². The van der Waals surface area contributed by atoms with Crippen molar-refractivity contribution in [2.75, 3.05) is 4.90 Å². The Kier molecular flexibility index (Phi) is 5.03. The molecule has 0 spiro atoms. The minimum atomic E-state index is -6.60. The highest BCUT2D eigenvalue weighted by Gasteiger charge is 2.77. The number of amides is 1. The molecule has 140 valence electrons. The molecule has 0 saturated heterocycles. The van der Waals surface area contributed by atoms with Crippen molar-refractivity contribution >= 4 is 17.3 Å². The summed E-state index contributed by atoms with van der Waals surface area (Å²) in [5, 5.41) is 0.